The minimum absolute atomic E-state index is 0.272. The van der Waals surface area contributed by atoms with Crippen molar-refractivity contribution in [3.8, 4) is 0 Å². The van der Waals surface area contributed by atoms with Crippen LogP contribution in [0.5, 0.6) is 0 Å². The monoisotopic (exact) mass is 279 g/mol. The van der Waals surface area contributed by atoms with Crippen molar-refractivity contribution in [2.24, 2.45) is 5.41 Å². The summed E-state index contributed by atoms with van der Waals surface area (Å²) in [5, 5.41) is 18.7. The summed E-state index contributed by atoms with van der Waals surface area (Å²) in [5.74, 6) is -0.436. The van der Waals surface area contributed by atoms with Gasteiger partial charge in [0.25, 0.3) is 0 Å². The smallest absolute Gasteiger partial charge is 0.423 e. The molecule has 1 aromatic rings. The zero-order valence-corrected chi connectivity index (χ0v) is 12.3. The van der Waals surface area contributed by atoms with E-state index < -0.39 is 12.9 Å². The molecule has 0 amide bonds. The fourth-order valence-electron chi connectivity index (χ4n) is 2.83. The highest BCUT2D eigenvalue weighted by atomic mass is 19.1. The summed E-state index contributed by atoms with van der Waals surface area (Å²) in [6.45, 7) is 7.21. The van der Waals surface area contributed by atoms with E-state index in [1.165, 1.54) is 18.6 Å². The van der Waals surface area contributed by atoms with Crippen LogP contribution in [0.2, 0.25) is 0 Å². The van der Waals surface area contributed by atoms with Gasteiger partial charge in [0.1, 0.15) is 5.82 Å². The molecule has 1 aliphatic rings. The molecule has 2 N–H and O–H groups in total. The second kappa shape index (κ2) is 6.25. The number of benzene rings is 1. The van der Waals surface area contributed by atoms with Crippen LogP contribution in [0.1, 0.15) is 38.7 Å². The number of rotatable bonds is 3. The molecule has 0 aliphatic carbocycles. The van der Waals surface area contributed by atoms with Gasteiger partial charge in [0.15, 0.2) is 0 Å². The Morgan fingerprint density at radius 1 is 1.25 bits per heavy atom. The van der Waals surface area contributed by atoms with E-state index in [1.54, 1.807) is 6.07 Å². The van der Waals surface area contributed by atoms with E-state index in [-0.39, 0.29) is 5.46 Å². The second-order valence-electron chi connectivity index (χ2n) is 6.51. The normalized spacial score (nSPS) is 19.6. The molecule has 0 spiro atoms. The van der Waals surface area contributed by atoms with Crippen LogP contribution in [0.25, 0.3) is 0 Å². The van der Waals surface area contributed by atoms with E-state index in [2.05, 4.69) is 18.7 Å². The standard InChI is InChI=1S/C15H23BFNO2/c1-15(2)6-3-8-18(9-7-15)11-12-4-5-13(17)10-14(12)16(19)20/h4-5,10,19-20H,3,6-9,11H2,1-2H3. The summed E-state index contributed by atoms with van der Waals surface area (Å²) in [7, 11) is -1.62. The number of likely N-dealkylation sites (tertiary alicyclic amines) is 1. The Labute approximate surface area is 120 Å². The molecule has 0 radical (unpaired) electrons. The fraction of sp³-hybridized carbons (Fsp3) is 0.600. The molecule has 0 unspecified atom stereocenters. The largest absolute Gasteiger partial charge is 0.488 e. The molecule has 2 rings (SSSR count). The maximum atomic E-state index is 13.2. The molecule has 1 aliphatic heterocycles. The van der Waals surface area contributed by atoms with E-state index in [1.807, 2.05) is 0 Å². The second-order valence-corrected chi connectivity index (χ2v) is 6.51. The van der Waals surface area contributed by atoms with Crippen LogP contribution in [0.3, 0.4) is 0 Å². The lowest BCUT2D eigenvalue weighted by Gasteiger charge is -2.24. The van der Waals surface area contributed by atoms with E-state index >= 15 is 0 Å². The average Bonchev–Trinajstić information content (AvgIpc) is 2.53. The van der Waals surface area contributed by atoms with E-state index in [0.29, 0.717) is 12.0 Å². The molecule has 20 heavy (non-hydrogen) atoms. The lowest BCUT2D eigenvalue weighted by molar-refractivity contribution is 0.256. The minimum atomic E-state index is -1.62. The summed E-state index contributed by atoms with van der Waals surface area (Å²) in [6, 6.07) is 4.24. The topological polar surface area (TPSA) is 43.7 Å². The molecule has 0 aromatic heterocycles. The first kappa shape index (κ1) is 15.5. The molecule has 1 fully saturated rings. The maximum Gasteiger partial charge on any atom is 0.488 e. The highest BCUT2D eigenvalue weighted by Gasteiger charge is 2.24. The molecule has 0 bridgehead atoms. The van der Waals surface area contributed by atoms with Crippen molar-refractivity contribution >= 4 is 12.6 Å². The van der Waals surface area contributed by atoms with Crippen LogP contribution in [-0.4, -0.2) is 35.2 Å². The first-order valence-electron chi connectivity index (χ1n) is 7.24. The molecule has 110 valence electrons. The van der Waals surface area contributed by atoms with Crippen molar-refractivity contribution in [3.63, 3.8) is 0 Å². The molecule has 1 heterocycles. The van der Waals surface area contributed by atoms with Gasteiger partial charge in [-0.15, -0.1) is 0 Å². The van der Waals surface area contributed by atoms with Gasteiger partial charge in [-0.05, 0) is 60.9 Å². The van der Waals surface area contributed by atoms with Crippen LogP contribution in [0, 0.1) is 11.2 Å². The molecular formula is C15H23BFNO2. The van der Waals surface area contributed by atoms with Crippen LogP contribution in [0.4, 0.5) is 4.39 Å². The predicted octanol–water partition coefficient (Wildman–Crippen LogP) is 1.52. The van der Waals surface area contributed by atoms with Gasteiger partial charge in [-0.2, -0.15) is 0 Å². The van der Waals surface area contributed by atoms with Gasteiger partial charge in [-0.3, -0.25) is 4.90 Å². The summed E-state index contributed by atoms with van der Waals surface area (Å²) in [4.78, 5) is 2.31. The van der Waals surface area contributed by atoms with Crippen LogP contribution < -0.4 is 5.46 Å². The van der Waals surface area contributed by atoms with Crippen molar-refractivity contribution in [1.29, 1.82) is 0 Å². The Bertz CT molecular complexity index is 465. The van der Waals surface area contributed by atoms with Crippen molar-refractivity contribution < 1.29 is 14.4 Å². The minimum Gasteiger partial charge on any atom is -0.423 e. The first-order valence-corrected chi connectivity index (χ1v) is 7.24. The Kier molecular flexibility index (Phi) is 4.84. The van der Waals surface area contributed by atoms with Crippen molar-refractivity contribution in [3.05, 3.63) is 29.6 Å². The zero-order valence-electron chi connectivity index (χ0n) is 12.3. The van der Waals surface area contributed by atoms with E-state index in [4.69, 9.17) is 0 Å². The van der Waals surface area contributed by atoms with Crippen LogP contribution >= 0.6 is 0 Å². The van der Waals surface area contributed by atoms with Gasteiger partial charge in [0, 0.05) is 6.54 Å². The average molecular weight is 279 g/mol. The van der Waals surface area contributed by atoms with Gasteiger partial charge in [0.05, 0.1) is 0 Å². The van der Waals surface area contributed by atoms with Gasteiger partial charge in [-0.25, -0.2) is 4.39 Å². The van der Waals surface area contributed by atoms with Crippen LogP contribution in [0.15, 0.2) is 18.2 Å². The lowest BCUT2D eigenvalue weighted by atomic mass is 9.77. The number of nitrogens with zero attached hydrogens (tertiary/aromatic N) is 1. The fourth-order valence-corrected chi connectivity index (χ4v) is 2.83. The predicted molar refractivity (Wildman–Crippen MR) is 79.1 cm³/mol. The third kappa shape index (κ3) is 4.04. The number of hydrogen-bond donors (Lipinski definition) is 2. The SMILES string of the molecule is CC1(C)CCCN(Cc2ccc(F)cc2B(O)O)CC1. The third-order valence-corrected chi connectivity index (χ3v) is 4.21. The lowest BCUT2D eigenvalue weighted by Crippen LogP contribution is -2.36. The zero-order chi connectivity index (χ0) is 14.8. The van der Waals surface area contributed by atoms with Gasteiger partial charge in [0.2, 0.25) is 0 Å². The first-order chi connectivity index (χ1) is 9.37. The van der Waals surface area contributed by atoms with Gasteiger partial charge >= 0.3 is 7.12 Å². The van der Waals surface area contributed by atoms with Gasteiger partial charge in [-0.1, -0.05) is 19.9 Å². The van der Waals surface area contributed by atoms with Crippen molar-refractivity contribution in [1.82, 2.24) is 4.90 Å². The summed E-state index contributed by atoms with van der Waals surface area (Å²) in [6.07, 6.45) is 3.48. The molecule has 0 saturated carbocycles. The van der Waals surface area contributed by atoms with E-state index in [0.717, 1.165) is 31.5 Å². The molecule has 3 nitrogen and oxygen atoms in total. The van der Waals surface area contributed by atoms with E-state index in [9.17, 15) is 14.4 Å². The quantitative estimate of drug-likeness (QED) is 0.824. The molecule has 0 atom stereocenters. The van der Waals surface area contributed by atoms with Crippen LogP contribution in [-0.2, 0) is 6.54 Å². The highest BCUT2D eigenvalue weighted by molar-refractivity contribution is 6.59. The Morgan fingerprint density at radius 2 is 2.00 bits per heavy atom. The molecule has 1 aromatic carbocycles. The summed E-state index contributed by atoms with van der Waals surface area (Å²) in [5.41, 5.74) is 1.44. The number of halogens is 1. The highest BCUT2D eigenvalue weighted by Crippen LogP contribution is 2.30. The third-order valence-electron chi connectivity index (χ3n) is 4.21. The Morgan fingerprint density at radius 3 is 2.70 bits per heavy atom. The molecular weight excluding hydrogens is 256 g/mol. The molecule has 5 heteroatoms. The Hall–Kier alpha value is -0.905. The summed E-state index contributed by atoms with van der Waals surface area (Å²) >= 11 is 0. The Balaban J connectivity index is 2.10. The molecule has 1 saturated heterocycles. The number of hydrogen-bond acceptors (Lipinski definition) is 3. The van der Waals surface area contributed by atoms with Crippen molar-refractivity contribution in [2.75, 3.05) is 13.1 Å². The van der Waals surface area contributed by atoms with Gasteiger partial charge < -0.3 is 10.0 Å². The maximum absolute atomic E-state index is 13.2. The van der Waals surface area contributed by atoms with Crippen molar-refractivity contribution in [2.45, 2.75) is 39.7 Å². The summed E-state index contributed by atoms with van der Waals surface area (Å²) < 4.78 is 13.2.